The quantitative estimate of drug-likeness (QED) is 0.616. The van der Waals surface area contributed by atoms with Gasteiger partial charge >= 0.3 is 5.97 Å². The maximum atomic E-state index is 12.8. The van der Waals surface area contributed by atoms with Crippen LogP contribution in [0.25, 0.3) is 0 Å². The first kappa shape index (κ1) is 19.6. The fourth-order valence-corrected chi connectivity index (χ4v) is 3.64. The number of hydrogen-bond acceptors (Lipinski definition) is 3. The zero-order valence-corrected chi connectivity index (χ0v) is 16.5. The molecule has 1 unspecified atom stereocenters. The van der Waals surface area contributed by atoms with E-state index in [1.807, 2.05) is 105 Å². The van der Waals surface area contributed by atoms with Crippen molar-refractivity contribution in [2.75, 3.05) is 26.0 Å². The molecule has 0 saturated heterocycles. The number of carbonyl (C=O) groups is 1. The molecule has 0 bridgehead atoms. The van der Waals surface area contributed by atoms with Crippen LogP contribution in [0.2, 0.25) is 0 Å². The molecular weight excluding hydrogens is 348 g/mol. The summed E-state index contributed by atoms with van der Waals surface area (Å²) in [6.45, 7) is 0.739. The van der Waals surface area contributed by atoms with Crippen molar-refractivity contribution in [3.63, 3.8) is 0 Å². The summed E-state index contributed by atoms with van der Waals surface area (Å²) in [6.07, 6.45) is 0. The minimum absolute atomic E-state index is 0.734. The summed E-state index contributed by atoms with van der Waals surface area (Å²) < 4.78 is 0. The van der Waals surface area contributed by atoms with Crippen LogP contribution in [-0.2, 0) is 16.8 Å². The van der Waals surface area contributed by atoms with E-state index in [4.69, 9.17) is 0 Å². The maximum absolute atomic E-state index is 12.8. The Morgan fingerprint density at radius 2 is 1.36 bits per heavy atom. The van der Waals surface area contributed by atoms with E-state index in [1.165, 1.54) is 0 Å². The van der Waals surface area contributed by atoms with E-state index in [9.17, 15) is 9.90 Å². The lowest BCUT2D eigenvalue weighted by molar-refractivity contribution is -0.140. The van der Waals surface area contributed by atoms with E-state index in [0.717, 1.165) is 34.5 Å². The molecule has 28 heavy (non-hydrogen) atoms. The molecule has 2 N–H and O–H groups in total. The summed E-state index contributed by atoms with van der Waals surface area (Å²) in [4.78, 5) is 14.8. The van der Waals surface area contributed by atoms with Gasteiger partial charge in [-0.15, -0.1) is 0 Å². The van der Waals surface area contributed by atoms with Crippen molar-refractivity contribution in [3.05, 3.63) is 101 Å². The highest BCUT2D eigenvalue weighted by atomic mass is 16.4. The molecule has 144 valence electrons. The molecule has 3 rings (SSSR count). The number of carboxylic acids is 1. The smallest absolute Gasteiger partial charge is 0.323 e. The maximum Gasteiger partial charge on any atom is 0.323 e. The van der Waals surface area contributed by atoms with Crippen LogP contribution in [0, 0.1) is 0 Å². The third-order valence-electron chi connectivity index (χ3n) is 5.11. The molecule has 4 nitrogen and oxygen atoms in total. The molecule has 0 spiro atoms. The molecule has 0 aliphatic rings. The van der Waals surface area contributed by atoms with Gasteiger partial charge in [-0.3, -0.25) is 4.79 Å². The van der Waals surface area contributed by atoms with Crippen molar-refractivity contribution < 1.29 is 9.90 Å². The summed E-state index contributed by atoms with van der Waals surface area (Å²) in [7, 11) is 5.83. The summed E-state index contributed by atoms with van der Waals surface area (Å²) in [5, 5.41) is 13.6. The predicted molar refractivity (Wildman–Crippen MR) is 114 cm³/mol. The highest BCUT2D eigenvalue weighted by Crippen LogP contribution is 2.40. The monoisotopic (exact) mass is 374 g/mol. The van der Waals surface area contributed by atoms with Crippen molar-refractivity contribution >= 4 is 11.7 Å². The van der Waals surface area contributed by atoms with Crippen LogP contribution in [-0.4, -0.2) is 32.2 Å². The van der Waals surface area contributed by atoms with Crippen LogP contribution < -0.4 is 10.2 Å². The van der Waals surface area contributed by atoms with Crippen molar-refractivity contribution in [2.24, 2.45) is 0 Å². The number of rotatable bonds is 7. The Morgan fingerprint density at radius 3 is 1.82 bits per heavy atom. The lowest BCUT2D eigenvalue weighted by Gasteiger charge is -2.32. The number of nitrogens with zero attached hydrogens (tertiary/aromatic N) is 1. The van der Waals surface area contributed by atoms with Crippen LogP contribution in [0.3, 0.4) is 0 Å². The summed E-state index contributed by atoms with van der Waals surface area (Å²) in [5.41, 5.74) is 3.08. The van der Waals surface area contributed by atoms with E-state index >= 15 is 0 Å². The third kappa shape index (κ3) is 3.51. The minimum atomic E-state index is -1.27. The Balaban J connectivity index is 2.24. The second-order valence-electron chi connectivity index (χ2n) is 7.09. The molecule has 3 aromatic carbocycles. The van der Waals surface area contributed by atoms with Crippen molar-refractivity contribution in [2.45, 2.75) is 12.0 Å². The molecule has 0 aromatic heterocycles. The standard InChI is InChI=1S/C24H26N2O2/c1-25-17-18-9-11-20(12-10-18)24(23(27)28,19-7-5-4-6-8-19)21-13-15-22(16-14-21)26(2)3/h4-16,25H,17H2,1-3H3,(H,27,28). The number of benzene rings is 3. The van der Waals surface area contributed by atoms with Gasteiger partial charge in [0.25, 0.3) is 0 Å². The van der Waals surface area contributed by atoms with Crippen molar-refractivity contribution in [1.82, 2.24) is 5.32 Å². The fraction of sp³-hybridized carbons (Fsp3) is 0.208. The third-order valence-corrected chi connectivity index (χ3v) is 5.11. The van der Waals surface area contributed by atoms with Gasteiger partial charge in [0.15, 0.2) is 0 Å². The topological polar surface area (TPSA) is 52.6 Å². The number of hydrogen-bond donors (Lipinski definition) is 2. The molecule has 3 aromatic rings. The zero-order chi connectivity index (χ0) is 20.1. The van der Waals surface area contributed by atoms with Crippen molar-refractivity contribution in [1.29, 1.82) is 0 Å². The van der Waals surface area contributed by atoms with E-state index < -0.39 is 11.4 Å². The number of nitrogens with one attached hydrogen (secondary N) is 1. The van der Waals surface area contributed by atoms with Gasteiger partial charge in [-0.05, 0) is 41.4 Å². The lowest BCUT2D eigenvalue weighted by Crippen LogP contribution is -2.38. The van der Waals surface area contributed by atoms with Crippen LogP contribution in [0.15, 0.2) is 78.9 Å². The first-order valence-corrected chi connectivity index (χ1v) is 9.31. The first-order valence-electron chi connectivity index (χ1n) is 9.31. The summed E-state index contributed by atoms with van der Waals surface area (Å²) in [6, 6.07) is 25.0. The van der Waals surface area contributed by atoms with Crippen LogP contribution >= 0.6 is 0 Å². The summed E-state index contributed by atoms with van der Waals surface area (Å²) in [5.74, 6) is -0.891. The Labute approximate surface area is 166 Å². The summed E-state index contributed by atoms with van der Waals surface area (Å²) >= 11 is 0. The molecule has 4 heteroatoms. The largest absolute Gasteiger partial charge is 0.480 e. The van der Waals surface area contributed by atoms with E-state index in [-0.39, 0.29) is 0 Å². The Hall–Kier alpha value is -3.11. The molecule has 0 amide bonds. The van der Waals surface area contributed by atoms with Crippen molar-refractivity contribution in [3.8, 4) is 0 Å². The fourth-order valence-electron chi connectivity index (χ4n) is 3.64. The van der Waals surface area contributed by atoms with Gasteiger partial charge in [-0.25, -0.2) is 0 Å². The molecule has 0 heterocycles. The zero-order valence-electron chi connectivity index (χ0n) is 16.5. The molecule has 0 aliphatic carbocycles. The molecule has 0 fully saturated rings. The van der Waals surface area contributed by atoms with Gasteiger partial charge in [0, 0.05) is 26.3 Å². The minimum Gasteiger partial charge on any atom is -0.480 e. The van der Waals surface area contributed by atoms with Crippen LogP contribution in [0.5, 0.6) is 0 Å². The lowest BCUT2D eigenvalue weighted by atomic mass is 9.69. The van der Waals surface area contributed by atoms with Gasteiger partial charge < -0.3 is 15.3 Å². The molecular formula is C24H26N2O2. The van der Waals surface area contributed by atoms with Gasteiger partial charge in [0.1, 0.15) is 5.41 Å². The Bertz CT molecular complexity index is 919. The SMILES string of the molecule is CNCc1ccc(C(C(=O)O)(c2ccccc2)c2ccc(N(C)C)cc2)cc1. The number of anilines is 1. The van der Waals surface area contributed by atoms with Gasteiger partial charge in [-0.2, -0.15) is 0 Å². The highest BCUT2D eigenvalue weighted by molar-refractivity contribution is 5.91. The van der Waals surface area contributed by atoms with Gasteiger partial charge in [0.05, 0.1) is 0 Å². The average Bonchev–Trinajstić information content (AvgIpc) is 2.71. The van der Waals surface area contributed by atoms with Crippen LogP contribution in [0.1, 0.15) is 22.3 Å². The second kappa shape index (κ2) is 8.28. The van der Waals surface area contributed by atoms with E-state index in [0.29, 0.717) is 0 Å². The highest BCUT2D eigenvalue weighted by Gasteiger charge is 2.44. The molecule has 0 radical (unpaired) electrons. The number of carboxylic acid groups (broad SMARTS) is 1. The number of aliphatic carboxylic acids is 1. The normalized spacial score (nSPS) is 13.0. The van der Waals surface area contributed by atoms with E-state index in [1.54, 1.807) is 0 Å². The first-order chi connectivity index (χ1) is 13.5. The Morgan fingerprint density at radius 1 is 0.857 bits per heavy atom. The van der Waals surface area contributed by atoms with Crippen LogP contribution in [0.4, 0.5) is 5.69 Å². The van der Waals surface area contributed by atoms with Gasteiger partial charge in [-0.1, -0.05) is 66.7 Å². The average molecular weight is 374 g/mol. The predicted octanol–water partition coefficient (Wildman–Crippen LogP) is 3.89. The molecule has 0 saturated carbocycles. The Kier molecular flexibility index (Phi) is 5.81. The van der Waals surface area contributed by atoms with E-state index in [2.05, 4.69) is 5.32 Å². The molecule has 1 atom stereocenters. The molecule has 0 aliphatic heterocycles. The second-order valence-corrected chi connectivity index (χ2v) is 7.09. The van der Waals surface area contributed by atoms with Gasteiger partial charge in [0.2, 0.25) is 0 Å².